The van der Waals surface area contributed by atoms with E-state index in [0.29, 0.717) is 0 Å². The van der Waals surface area contributed by atoms with Gasteiger partial charge >= 0.3 is 5.97 Å². The van der Waals surface area contributed by atoms with Crippen molar-refractivity contribution in [3.05, 3.63) is 48.6 Å². The molecule has 0 radical (unpaired) electrons. The topological polar surface area (TPSA) is 46.5 Å². The molecule has 0 saturated heterocycles. The maximum Gasteiger partial charge on any atom is 0.331 e. The summed E-state index contributed by atoms with van der Waals surface area (Å²) >= 11 is 0. The highest BCUT2D eigenvalue weighted by Crippen LogP contribution is 2.10. The molecule has 0 aliphatic rings. The lowest BCUT2D eigenvalue weighted by atomic mass is 10.2. The largest absolute Gasteiger partial charge is 0.508 e. The smallest absolute Gasteiger partial charge is 0.331 e. The van der Waals surface area contributed by atoms with Crippen molar-refractivity contribution in [2.45, 2.75) is 0 Å². The normalized spacial score (nSPS) is 10.1. The lowest BCUT2D eigenvalue weighted by molar-refractivity contribution is -0.136. The van der Waals surface area contributed by atoms with Crippen LogP contribution in [-0.2, 0) is 9.53 Å². The minimum atomic E-state index is -0.414. The number of hydrogen-bond acceptors (Lipinski definition) is 3. The molecule has 1 rings (SSSR count). The average molecular weight is 204 g/mol. The summed E-state index contributed by atoms with van der Waals surface area (Å²) in [5.41, 5.74) is 0.823. The molecule has 1 aromatic rings. The second kappa shape index (κ2) is 5.65. The van der Waals surface area contributed by atoms with Gasteiger partial charge in [0.2, 0.25) is 0 Å². The molecule has 1 N–H and O–H groups in total. The number of rotatable bonds is 4. The summed E-state index contributed by atoms with van der Waals surface area (Å²) in [7, 11) is 0. The number of carbonyl (C=O) groups is 1. The Hall–Kier alpha value is -2.03. The van der Waals surface area contributed by atoms with Crippen LogP contribution < -0.4 is 0 Å². The number of hydrogen-bond donors (Lipinski definition) is 1. The first-order chi connectivity index (χ1) is 7.22. The zero-order valence-corrected chi connectivity index (χ0v) is 8.22. The van der Waals surface area contributed by atoms with Crippen LogP contribution in [0.3, 0.4) is 0 Å². The van der Waals surface area contributed by atoms with Crippen molar-refractivity contribution < 1.29 is 14.6 Å². The molecule has 1 aromatic carbocycles. The van der Waals surface area contributed by atoms with E-state index in [4.69, 9.17) is 9.84 Å². The fraction of sp³-hybridized carbons (Fsp3) is 0.0833. The van der Waals surface area contributed by atoms with Gasteiger partial charge in [-0.1, -0.05) is 24.8 Å². The molecule has 0 fully saturated rings. The van der Waals surface area contributed by atoms with Gasteiger partial charge in [-0.15, -0.1) is 0 Å². The molecule has 0 heterocycles. The number of benzene rings is 1. The minimum Gasteiger partial charge on any atom is -0.508 e. The van der Waals surface area contributed by atoms with E-state index < -0.39 is 5.97 Å². The highest BCUT2D eigenvalue weighted by molar-refractivity contribution is 5.87. The van der Waals surface area contributed by atoms with Crippen molar-refractivity contribution >= 4 is 12.0 Å². The quantitative estimate of drug-likeness (QED) is 0.464. The minimum absolute atomic E-state index is 0.196. The Morgan fingerprint density at radius 2 is 2.07 bits per heavy atom. The molecule has 0 aliphatic carbocycles. The zero-order valence-electron chi connectivity index (χ0n) is 8.22. The van der Waals surface area contributed by atoms with Gasteiger partial charge in [-0.25, -0.2) is 4.79 Å². The highest BCUT2D eigenvalue weighted by Gasteiger charge is 1.94. The summed E-state index contributed by atoms with van der Waals surface area (Å²) in [5.74, 6) is -0.218. The van der Waals surface area contributed by atoms with Crippen LogP contribution in [-0.4, -0.2) is 17.7 Å². The Morgan fingerprint density at radius 3 is 2.67 bits per heavy atom. The Balaban J connectivity index is 2.53. The molecule has 0 atom stereocenters. The van der Waals surface area contributed by atoms with Gasteiger partial charge in [0, 0.05) is 6.08 Å². The summed E-state index contributed by atoms with van der Waals surface area (Å²) in [6.45, 7) is 3.64. The van der Waals surface area contributed by atoms with Gasteiger partial charge in [-0.2, -0.15) is 0 Å². The molecule has 0 unspecified atom stereocenters. The van der Waals surface area contributed by atoms with Crippen LogP contribution in [0.4, 0.5) is 0 Å². The highest BCUT2D eigenvalue weighted by atomic mass is 16.5. The SMILES string of the molecule is C=CCOC(=O)C=Cc1ccc(O)cc1. The molecule has 0 aliphatic heterocycles. The molecule has 78 valence electrons. The third kappa shape index (κ3) is 4.13. The first-order valence-corrected chi connectivity index (χ1v) is 4.47. The molecule has 15 heavy (non-hydrogen) atoms. The van der Waals surface area contributed by atoms with Crippen LogP contribution in [0.2, 0.25) is 0 Å². The molecule has 0 aromatic heterocycles. The Kier molecular flexibility index (Phi) is 4.16. The van der Waals surface area contributed by atoms with Crippen molar-refractivity contribution in [2.24, 2.45) is 0 Å². The summed E-state index contributed by atoms with van der Waals surface area (Å²) in [6.07, 6.45) is 4.45. The van der Waals surface area contributed by atoms with E-state index in [9.17, 15) is 4.79 Å². The lowest BCUT2D eigenvalue weighted by Gasteiger charge is -1.96. The number of carbonyl (C=O) groups excluding carboxylic acids is 1. The molecule has 0 amide bonds. The first kappa shape index (κ1) is 11.0. The molecule has 0 bridgehead atoms. The Bertz CT molecular complexity index is 363. The molecule has 0 spiro atoms. The van der Waals surface area contributed by atoms with E-state index in [0.717, 1.165) is 5.56 Å². The van der Waals surface area contributed by atoms with Gasteiger partial charge in [0.05, 0.1) is 0 Å². The number of phenols is 1. The van der Waals surface area contributed by atoms with Crippen LogP contribution in [0.15, 0.2) is 43.0 Å². The first-order valence-electron chi connectivity index (χ1n) is 4.47. The molecule has 0 saturated carbocycles. The van der Waals surface area contributed by atoms with Crippen LogP contribution in [0.1, 0.15) is 5.56 Å². The predicted molar refractivity (Wildman–Crippen MR) is 58.3 cm³/mol. The maximum atomic E-state index is 11.0. The van der Waals surface area contributed by atoms with Crippen LogP contribution >= 0.6 is 0 Å². The fourth-order valence-corrected chi connectivity index (χ4v) is 0.939. The third-order valence-corrected chi connectivity index (χ3v) is 1.65. The van der Waals surface area contributed by atoms with Gasteiger partial charge in [-0.3, -0.25) is 0 Å². The van der Waals surface area contributed by atoms with Gasteiger partial charge in [0.25, 0.3) is 0 Å². The van der Waals surface area contributed by atoms with Crippen LogP contribution in [0.5, 0.6) is 5.75 Å². The van der Waals surface area contributed by atoms with Gasteiger partial charge in [0.1, 0.15) is 12.4 Å². The third-order valence-electron chi connectivity index (χ3n) is 1.65. The van der Waals surface area contributed by atoms with E-state index in [-0.39, 0.29) is 12.4 Å². The molecular formula is C12H12O3. The summed E-state index contributed by atoms with van der Waals surface area (Å²) in [5, 5.41) is 9.02. The summed E-state index contributed by atoms with van der Waals surface area (Å²) in [6, 6.07) is 6.50. The standard InChI is InChI=1S/C12H12O3/c1-2-9-15-12(14)8-5-10-3-6-11(13)7-4-10/h2-8,13H,1,9H2. The van der Waals surface area contributed by atoms with Crippen LogP contribution in [0.25, 0.3) is 6.08 Å². The van der Waals surface area contributed by atoms with Crippen molar-refractivity contribution in [2.75, 3.05) is 6.61 Å². The van der Waals surface area contributed by atoms with Crippen molar-refractivity contribution in [1.82, 2.24) is 0 Å². The van der Waals surface area contributed by atoms with E-state index in [1.54, 1.807) is 30.3 Å². The molecular weight excluding hydrogens is 192 g/mol. The maximum absolute atomic E-state index is 11.0. The Morgan fingerprint density at radius 1 is 1.40 bits per heavy atom. The second-order valence-electron chi connectivity index (χ2n) is 2.84. The van der Waals surface area contributed by atoms with E-state index in [2.05, 4.69) is 6.58 Å². The number of aromatic hydroxyl groups is 1. The van der Waals surface area contributed by atoms with Crippen LogP contribution in [0, 0.1) is 0 Å². The number of ether oxygens (including phenoxy) is 1. The van der Waals surface area contributed by atoms with Gasteiger partial charge in [-0.05, 0) is 23.8 Å². The van der Waals surface area contributed by atoms with Gasteiger partial charge < -0.3 is 9.84 Å². The van der Waals surface area contributed by atoms with E-state index >= 15 is 0 Å². The number of phenolic OH excluding ortho intramolecular Hbond substituents is 1. The van der Waals surface area contributed by atoms with Crippen molar-refractivity contribution in [3.8, 4) is 5.75 Å². The average Bonchev–Trinajstić information content (AvgIpc) is 2.25. The summed E-state index contributed by atoms with van der Waals surface area (Å²) in [4.78, 5) is 11.0. The second-order valence-corrected chi connectivity index (χ2v) is 2.84. The zero-order chi connectivity index (χ0) is 11.1. The van der Waals surface area contributed by atoms with Gasteiger partial charge in [0.15, 0.2) is 0 Å². The predicted octanol–water partition coefficient (Wildman–Crippen LogP) is 2.13. The number of esters is 1. The lowest BCUT2D eigenvalue weighted by Crippen LogP contribution is -1.99. The monoisotopic (exact) mass is 204 g/mol. The Labute approximate surface area is 88.3 Å². The molecule has 3 heteroatoms. The fourth-order valence-electron chi connectivity index (χ4n) is 0.939. The molecule has 3 nitrogen and oxygen atoms in total. The van der Waals surface area contributed by atoms with E-state index in [1.807, 2.05) is 0 Å². The van der Waals surface area contributed by atoms with Crippen molar-refractivity contribution in [1.29, 1.82) is 0 Å². The summed E-state index contributed by atoms with van der Waals surface area (Å²) < 4.78 is 4.74. The van der Waals surface area contributed by atoms with Crippen molar-refractivity contribution in [3.63, 3.8) is 0 Å². The van der Waals surface area contributed by atoms with E-state index in [1.165, 1.54) is 12.2 Å².